The molecule has 2 atom stereocenters. The van der Waals surface area contributed by atoms with Crippen molar-refractivity contribution in [1.82, 2.24) is 5.32 Å². The highest BCUT2D eigenvalue weighted by molar-refractivity contribution is 5.81. The van der Waals surface area contributed by atoms with E-state index in [0.29, 0.717) is 11.7 Å². The van der Waals surface area contributed by atoms with Gasteiger partial charge in [0.15, 0.2) is 13.2 Å². The van der Waals surface area contributed by atoms with E-state index in [2.05, 4.69) is 12.2 Å². The Bertz CT molecular complexity index is 489. The van der Waals surface area contributed by atoms with E-state index in [9.17, 15) is 9.59 Å². The Labute approximate surface area is 131 Å². The number of carbonyl (C=O) groups excluding carboxylic acids is 2. The molecule has 0 unspecified atom stereocenters. The average Bonchev–Trinajstić information content (AvgIpc) is 2.54. The first-order valence-electron chi connectivity index (χ1n) is 7.78. The SMILES string of the molecule is C[C@H]1CCCC[C@H]1NC(=O)COC(=O)COc1ccccc1. The minimum Gasteiger partial charge on any atom is -0.482 e. The summed E-state index contributed by atoms with van der Waals surface area (Å²) < 4.78 is 10.2. The van der Waals surface area contributed by atoms with Crippen LogP contribution in [0.2, 0.25) is 0 Å². The van der Waals surface area contributed by atoms with Gasteiger partial charge in [0.05, 0.1) is 0 Å². The number of hydrogen-bond acceptors (Lipinski definition) is 4. The minimum absolute atomic E-state index is 0.195. The smallest absolute Gasteiger partial charge is 0.344 e. The summed E-state index contributed by atoms with van der Waals surface area (Å²) >= 11 is 0. The highest BCUT2D eigenvalue weighted by Crippen LogP contribution is 2.23. The number of carbonyl (C=O) groups is 2. The molecule has 2 rings (SSSR count). The molecule has 0 heterocycles. The first-order chi connectivity index (χ1) is 10.6. The van der Waals surface area contributed by atoms with Crippen LogP contribution in [-0.2, 0) is 14.3 Å². The monoisotopic (exact) mass is 305 g/mol. The molecule has 5 heteroatoms. The van der Waals surface area contributed by atoms with Crippen molar-refractivity contribution >= 4 is 11.9 Å². The quantitative estimate of drug-likeness (QED) is 0.819. The van der Waals surface area contributed by atoms with Crippen molar-refractivity contribution in [2.45, 2.75) is 38.6 Å². The minimum atomic E-state index is -0.546. The third kappa shape index (κ3) is 5.39. The number of benzene rings is 1. The number of ether oxygens (including phenoxy) is 2. The molecule has 5 nitrogen and oxygen atoms in total. The van der Waals surface area contributed by atoms with Gasteiger partial charge in [0.1, 0.15) is 5.75 Å². The second-order valence-electron chi connectivity index (χ2n) is 5.70. The lowest BCUT2D eigenvalue weighted by molar-refractivity contribution is -0.150. The summed E-state index contributed by atoms with van der Waals surface area (Å²) in [6.07, 6.45) is 4.49. The lowest BCUT2D eigenvalue weighted by Gasteiger charge is -2.29. The molecule has 0 aromatic heterocycles. The van der Waals surface area contributed by atoms with Gasteiger partial charge in [-0.2, -0.15) is 0 Å². The second-order valence-corrected chi connectivity index (χ2v) is 5.70. The molecule has 0 aliphatic heterocycles. The summed E-state index contributed by atoms with van der Waals surface area (Å²) in [4.78, 5) is 23.4. The lowest BCUT2D eigenvalue weighted by atomic mass is 9.86. The maximum absolute atomic E-state index is 11.8. The van der Waals surface area contributed by atoms with Gasteiger partial charge in [-0.25, -0.2) is 4.79 Å². The Kier molecular flexibility index (Phi) is 6.25. The van der Waals surface area contributed by atoms with Crippen LogP contribution in [0, 0.1) is 5.92 Å². The van der Waals surface area contributed by atoms with Gasteiger partial charge in [-0.15, -0.1) is 0 Å². The Morgan fingerprint density at radius 2 is 1.86 bits per heavy atom. The predicted molar refractivity (Wildman–Crippen MR) is 82.5 cm³/mol. The van der Waals surface area contributed by atoms with Gasteiger partial charge in [0.25, 0.3) is 5.91 Å². The van der Waals surface area contributed by atoms with E-state index >= 15 is 0 Å². The standard InChI is InChI=1S/C17H23NO4/c1-13-7-5-6-10-15(13)18-16(19)11-22-17(20)12-21-14-8-3-2-4-9-14/h2-4,8-9,13,15H,5-7,10-12H2,1H3,(H,18,19)/t13-,15+/m0/s1. The van der Waals surface area contributed by atoms with E-state index in [4.69, 9.17) is 9.47 Å². The zero-order valence-electron chi connectivity index (χ0n) is 12.9. The summed E-state index contributed by atoms with van der Waals surface area (Å²) in [6, 6.07) is 9.20. The van der Waals surface area contributed by atoms with Crippen LogP contribution >= 0.6 is 0 Å². The molecule has 1 aliphatic carbocycles. The van der Waals surface area contributed by atoms with E-state index in [1.54, 1.807) is 12.1 Å². The lowest BCUT2D eigenvalue weighted by Crippen LogP contribution is -2.43. The highest BCUT2D eigenvalue weighted by Gasteiger charge is 2.23. The van der Waals surface area contributed by atoms with Crippen molar-refractivity contribution in [2.24, 2.45) is 5.92 Å². The second kappa shape index (κ2) is 8.41. The molecule has 1 aliphatic rings. The molecule has 1 fully saturated rings. The molecule has 0 radical (unpaired) electrons. The number of para-hydroxylation sites is 1. The topological polar surface area (TPSA) is 64.6 Å². The molecule has 0 spiro atoms. The van der Waals surface area contributed by atoms with Gasteiger partial charge >= 0.3 is 5.97 Å². The van der Waals surface area contributed by atoms with E-state index in [-0.39, 0.29) is 25.2 Å². The van der Waals surface area contributed by atoms with Crippen molar-refractivity contribution < 1.29 is 19.1 Å². The van der Waals surface area contributed by atoms with Crippen molar-refractivity contribution in [3.05, 3.63) is 30.3 Å². The number of nitrogens with one attached hydrogen (secondary N) is 1. The largest absolute Gasteiger partial charge is 0.482 e. The number of hydrogen-bond donors (Lipinski definition) is 1. The van der Waals surface area contributed by atoms with Crippen molar-refractivity contribution in [3.63, 3.8) is 0 Å². The normalized spacial score (nSPS) is 21.0. The Balaban J connectivity index is 1.64. The van der Waals surface area contributed by atoms with Crippen LogP contribution in [0.5, 0.6) is 5.75 Å². The van der Waals surface area contributed by atoms with Gasteiger partial charge < -0.3 is 14.8 Å². The van der Waals surface area contributed by atoms with E-state index < -0.39 is 5.97 Å². The van der Waals surface area contributed by atoms with Gasteiger partial charge in [-0.1, -0.05) is 38.0 Å². The number of amides is 1. The van der Waals surface area contributed by atoms with Gasteiger partial charge in [0.2, 0.25) is 0 Å². The van der Waals surface area contributed by atoms with Crippen LogP contribution in [0.15, 0.2) is 30.3 Å². The van der Waals surface area contributed by atoms with Gasteiger partial charge in [0, 0.05) is 6.04 Å². The van der Waals surface area contributed by atoms with Crippen molar-refractivity contribution in [2.75, 3.05) is 13.2 Å². The van der Waals surface area contributed by atoms with E-state index in [1.807, 2.05) is 18.2 Å². The Morgan fingerprint density at radius 1 is 1.14 bits per heavy atom. The van der Waals surface area contributed by atoms with Crippen LogP contribution < -0.4 is 10.1 Å². The fourth-order valence-electron chi connectivity index (χ4n) is 2.63. The highest BCUT2D eigenvalue weighted by atomic mass is 16.6. The van der Waals surface area contributed by atoms with Crippen LogP contribution in [0.25, 0.3) is 0 Å². The summed E-state index contributed by atoms with van der Waals surface area (Å²) in [6.45, 7) is 1.70. The summed E-state index contributed by atoms with van der Waals surface area (Å²) in [7, 11) is 0. The average molecular weight is 305 g/mol. The van der Waals surface area contributed by atoms with Gasteiger partial charge in [-0.3, -0.25) is 4.79 Å². The molecular weight excluding hydrogens is 282 g/mol. The Hall–Kier alpha value is -2.04. The Morgan fingerprint density at radius 3 is 2.59 bits per heavy atom. The first kappa shape index (κ1) is 16.3. The van der Waals surface area contributed by atoms with Crippen LogP contribution in [0.1, 0.15) is 32.6 Å². The van der Waals surface area contributed by atoms with E-state index in [0.717, 1.165) is 19.3 Å². The summed E-state index contributed by atoms with van der Waals surface area (Å²) in [5.41, 5.74) is 0. The fourth-order valence-corrected chi connectivity index (χ4v) is 2.63. The molecule has 1 aromatic rings. The molecule has 120 valence electrons. The molecule has 1 amide bonds. The molecular formula is C17H23NO4. The molecule has 22 heavy (non-hydrogen) atoms. The third-order valence-electron chi connectivity index (χ3n) is 3.92. The van der Waals surface area contributed by atoms with Gasteiger partial charge in [-0.05, 0) is 30.9 Å². The fraction of sp³-hybridized carbons (Fsp3) is 0.529. The third-order valence-corrected chi connectivity index (χ3v) is 3.92. The van der Waals surface area contributed by atoms with Crippen LogP contribution in [0.4, 0.5) is 0 Å². The number of esters is 1. The molecule has 1 N–H and O–H groups in total. The predicted octanol–water partition coefficient (Wildman–Crippen LogP) is 2.30. The molecule has 0 saturated heterocycles. The summed E-state index contributed by atoms with van der Waals surface area (Å²) in [5, 5.41) is 2.94. The number of rotatable bonds is 6. The van der Waals surface area contributed by atoms with E-state index in [1.165, 1.54) is 6.42 Å². The molecule has 0 bridgehead atoms. The van der Waals surface area contributed by atoms with Crippen LogP contribution in [0.3, 0.4) is 0 Å². The summed E-state index contributed by atoms with van der Waals surface area (Å²) in [5.74, 6) is 0.289. The molecule has 1 saturated carbocycles. The molecule has 1 aromatic carbocycles. The zero-order valence-corrected chi connectivity index (χ0v) is 12.9. The first-order valence-corrected chi connectivity index (χ1v) is 7.78. The van der Waals surface area contributed by atoms with Crippen LogP contribution in [-0.4, -0.2) is 31.1 Å². The van der Waals surface area contributed by atoms with Crippen molar-refractivity contribution in [1.29, 1.82) is 0 Å². The zero-order chi connectivity index (χ0) is 15.8. The maximum Gasteiger partial charge on any atom is 0.344 e. The van der Waals surface area contributed by atoms with Crippen molar-refractivity contribution in [3.8, 4) is 5.75 Å². The maximum atomic E-state index is 11.8.